The molecule has 0 rings (SSSR count). The minimum Gasteiger partial charge on any atom is -0.873 e. The Morgan fingerprint density at radius 2 is 0.455 bits per heavy atom. The summed E-state index contributed by atoms with van der Waals surface area (Å²) in [5.74, 6) is 0. The van der Waals surface area contributed by atoms with Crippen LogP contribution < -0.4 is 0 Å². The van der Waals surface area contributed by atoms with Crippen molar-refractivity contribution < 1.29 is 40.0 Å². The molecule has 0 aromatic heterocycles. The summed E-state index contributed by atoms with van der Waals surface area (Å²) >= 11 is 0. The minimum absolute atomic E-state index is 0. The summed E-state index contributed by atoms with van der Waals surface area (Å²) in [7, 11) is -12.0. The topological polar surface area (TPSA) is 34.5 Å². The summed E-state index contributed by atoms with van der Waals surface area (Å²) in [6.07, 6.45) is 0. The van der Waals surface area contributed by atoms with Crippen LogP contribution >= 0.6 is 0 Å². The van der Waals surface area contributed by atoms with Gasteiger partial charge in [0.2, 0.25) is 0 Å². The van der Waals surface area contributed by atoms with Gasteiger partial charge in [-0.1, -0.05) is 0 Å². The lowest BCUT2D eigenvalue weighted by molar-refractivity contribution is 0.366. The first kappa shape index (κ1) is 16.9. The molecule has 0 aromatic rings. The van der Waals surface area contributed by atoms with E-state index in [1.807, 2.05) is 0 Å². The Labute approximate surface area is 55.9 Å². The van der Waals surface area contributed by atoms with Crippen molar-refractivity contribution >= 4 is 14.5 Å². The zero-order valence-corrected chi connectivity index (χ0v) is 4.89. The molecule has 0 aromatic carbocycles. The van der Waals surface area contributed by atoms with E-state index in [9.17, 15) is 34.5 Å². The third-order valence-corrected chi connectivity index (χ3v) is 0. The molecule has 11 heteroatoms. The van der Waals surface area contributed by atoms with Crippen molar-refractivity contribution in [2.45, 2.75) is 0 Å². The van der Waals surface area contributed by atoms with E-state index in [4.69, 9.17) is 0 Å². The molecule has 0 aliphatic carbocycles. The number of rotatable bonds is 0. The molecule has 0 saturated carbocycles. The van der Waals surface area contributed by atoms with Gasteiger partial charge in [0.25, 0.3) is 0 Å². The summed E-state index contributed by atoms with van der Waals surface area (Å²) in [4.78, 5) is 0. The van der Waals surface area contributed by atoms with Crippen LogP contribution in [0.3, 0.4) is 0 Å². The van der Waals surface area contributed by atoms with Crippen LogP contribution in [0.5, 0.6) is 0 Å². The zero-order chi connectivity index (χ0) is 9.00. The lowest BCUT2D eigenvalue weighted by Gasteiger charge is -1.94. The second-order valence-electron chi connectivity index (χ2n) is 0.990. The van der Waals surface area contributed by atoms with Crippen LogP contribution in [0.25, 0.3) is 0 Å². The summed E-state index contributed by atoms with van der Waals surface area (Å²) < 4.78 is 78.0. The Balaban J connectivity index is -0.000000107. The highest BCUT2D eigenvalue weighted by molar-refractivity contribution is 6.50. The van der Waals surface area contributed by atoms with Crippen LogP contribution in [0.1, 0.15) is 0 Å². The number of hydrogen-bond acceptors (Lipinski definition) is 0. The molecule has 0 radical (unpaired) electrons. The van der Waals surface area contributed by atoms with E-state index in [0.29, 0.717) is 0 Å². The Hall–Kier alpha value is -0.470. The fourth-order valence-electron chi connectivity index (χ4n) is 0. The Morgan fingerprint density at radius 1 is 0.455 bits per heavy atom. The van der Waals surface area contributed by atoms with Crippen molar-refractivity contribution in [2.75, 3.05) is 0 Å². The minimum atomic E-state index is -6.00. The van der Waals surface area contributed by atoms with Gasteiger partial charge in [-0.2, -0.15) is 0 Å². The standard InChI is InChI=1S/2BF4.H4O/c2*2-1(3,4)5;/h;;1H4/q2*-1;+2. The van der Waals surface area contributed by atoms with E-state index in [2.05, 4.69) is 0 Å². The molecule has 11 heavy (non-hydrogen) atoms. The third kappa shape index (κ3) is 2440. The smallest absolute Gasteiger partial charge is 0.673 e. The van der Waals surface area contributed by atoms with Gasteiger partial charge in [-0.3, -0.25) is 0 Å². The molecule has 0 aliphatic heterocycles. The molecule has 0 unspecified atom stereocenters. The first-order valence-electron chi connectivity index (χ1n) is 1.75. The molecule has 0 fully saturated rings. The predicted octanol–water partition coefficient (Wildman–Crippen LogP) is 1.41. The van der Waals surface area contributed by atoms with Crippen molar-refractivity contribution in [3.8, 4) is 0 Å². The second kappa shape index (κ2) is 5.22. The van der Waals surface area contributed by atoms with Gasteiger partial charge in [-0.05, 0) is 0 Å². The maximum atomic E-state index is 9.75. The van der Waals surface area contributed by atoms with E-state index in [0.717, 1.165) is 0 Å². The van der Waals surface area contributed by atoms with Crippen molar-refractivity contribution in [1.82, 2.24) is 0 Å². The Morgan fingerprint density at radius 3 is 0.455 bits per heavy atom. The van der Waals surface area contributed by atoms with Crippen LogP contribution in [0.15, 0.2) is 0 Å². The summed E-state index contributed by atoms with van der Waals surface area (Å²) in [6.45, 7) is 0. The average Bonchev–Trinajstić information content (AvgIpc) is 1.12. The Bertz CT molecular complexity index is 55.1. The van der Waals surface area contributed by atoms with Gasteiger partial charge in [-0.15, -0.1) is 0 Å². The highest BCUT2D eigenvalue weighted by Gasteiger charge is 2.21. The van der Waals surface area contributed by atoms with Gasteiger partial charge in [0, 0.05) is 0 Å². The first-order valence-corrected chi connectivity index (χ1v) is 1.75. The molecule has 0 saturated heterocycles. The molecule has 72 valence electrons. The van der Waals surface area contributed by atoms with E-state index >= 15 is 0 Å². The maximum absolute atomic E-state index is 9.75. The van der Waals surface area contributed by atoms with Crippen LogP contribution in [0, 0.1) is 0 Å². The van der Waals surface area contributed by atoms with E-state index in [-0.39, 0.29) is 5.48 Å². The summed E-state index contributed by atoms with van der Waals surface area (Å²) in [5, 5.41) is 0. The van der Waals surface area contributed by atoms with Crippen LogP contribution in [0.2, 0.25) is 0 Å². The van der Waals surface area contributed by atoms with Crippen LogP contribution in [-0.2, 0) is 5.48 Å². The van der Waals surface area contributed by atoms with Gasteiger partial charge in [0.15, 0.2) is 0 Å². The molecular formula is H4B2F8O. The average molecular weight is 194 g/mol. The predicted molar refractivity (Wildman–Crippen MR) is 26.6 cm³/mol. The second-order valence-corrected chi connectivity index (χ2v) is 0.990. The largest absolute Gasteiger partial charge is 0.873 e. The molecule has 0 heterocycles. The van der Waals surface area contributed by atoms with Crippen molar-refractivity contribution in [2.24, 2.45) is 0 Å². The third-order valence-electron chi connectivity index (χ3n) is 0. The zero-order valence-electron chi connectivity index (χ0n) is 4.89. The first-order chi connectivity index (χ1) is 4.00. The number of halogens is 8. The normalized spacial score (nSPS) is 10.9. The molecule has 0 atom stereocenters. The van der Waals surface area contributed by atoms with Gasteiger partial charge in [0.05, 0.1) is 0 Å². The van der Waals surface area contributed by atoms with E-state index < -0.39 is 14.5 Å². The van der Waals surface area contributed by atoms with Gasteiger partial charge >= 0.3 is 14.5 Å². The fraction of sp³-hybridized carbons (Fsp3) is 0. The maximum Gasteiger partial charge on any atom is 0.673 e. The van der Waals surface area contributed by atoms with Crippen molar-refractivity contribution in [3.05, 3.63) is 0 Å². The summed E-state index contributed by atoms with van der Waals surface area (Å²) in [6, 6.07) is 0. The van der Waals surface area contributed by atoms with Gasteiger partial charge in [-0.25, -0.2) is 0 Å². The monoisotopic (exact) mass is 194 g/mol. The highest BCUT2D eigenvalue weighted by atomic mass is 19.5. The molecule has 4 N–H and O–H groups in total. The molecule has 0 bridgehead atoms. The van der Waals surface area contributed by atoms with E-state index in [1.54, 1.807) is 0 Å². The lowest BCUT2D eigenvalue weighted by Crippen LogP contribution is -2.02. The van der Waals surface area contributed by atoms with Crippen LogP contribution in [-0.4, -0.2) is 14.5 Å². The number of hydrogen-bond donors (Lipinski definition) is 0. The molecule has 0 aliphatic rings. The molecule has 0 spiro atoms. The quantitative estimate of drug-likeness (QED) is 0.412. The van der Waals surface area contributed by atoms with Gasteiger partial charge < -0.3 is 40.0 Å². The van der Waals surface area contributed by atoms with Gasteiger partial charge in [0.1, 0.15) is 0 Å². The summed E-state index contributed by atoms with van der Waals surface area (Å²) in [5.41, 5.74) is 0. The lowest BCUT2D eigenvalue weighted by atomic mass is 10.3. The Kier molecular flexibility index (Phi) is 8.00. The molecular weight excluding hydrogens is 190 g/mol. The molecule has 0 amide bonds. The van der Waals surface area contributed by atoms with Crippen LogP contribution in [0.4, 0.5) is 34.5 Å². The fourth-order valence-corrected chi connectivity index (χ4v) is 0. The SMILES string of the molecule is F[B-](F)(F)F.F[B-](F)(F)F.[OH4+2]. The highest BCUT2D eigenvalue weighted by Crippen LogP contribution is 2.07. The molecule has 1 nitrogen and oxygen atoms in total. The van der Waals surface area contributed by atoms with E-state index in [1.165, 1.54) is 0 Å². The van der Waals surface area contributed by atoms with Crippen molar-refractivity contribution in [1.29, 1.82) is 0 Å². The van der Waals surface area contributed by atoms with Crippen molar-refractivity contribution in [3.63, 3.8) is 0 Å².